The molecule has 0 radical (unpaired) electrons. The summed E-state index contributed by atoms with van der Waals surface area (Å²) < 4.78 is 0. The lowest BCUT2D eigenvalue weighted by atomic mass is 9.89. The van der Waals surface area contributed by atoms with Crippen molar-refractivity contribution in [3.63, 3.8) is 0 Å². The van der Waals surface area contributed by atoms with E-state index in [-0.39, 0.29) is 11.4 Å². The van der Waals surface area contributed by atoms with Crippen molar-refractivity contribution in [1.29, 1.82) is 0 Å². The molecule has 100 valence electrons. The number of hydrogen-bond acceptors (Lipinski definition) is 2. The molecule has 0 heterocycles. The summed E-state index contributed by atoms with van der Waals surface area (Å²) in [5, 5.41) is 6.39. The molecule has 3 nitrogen and oxygen atoms in total. The number of amides is 1. The van der Waals surface area contributed by atoms with Crippen LogP contribution in [0, 0.1) is 5.92 Å². The molecular formula is C14H28N2O. The second kappa shape index (κ2) is 7.00. The zero-order valence-corrected chi connectivity index (χ0v) is 11.6. The molecule has 0 bridgehead atoms. The maximum absolute atomic E-state index is 11.6. The van der Waals surface area contributed by atoms with Crippen molar-refractivity contribution in [3.8, 4) is 0 Å². The van der Waals surface area contributed by atoms with Gasteiger partial charge in [0, 0.05) is 25.0 Å². The van der Waals surface area contributed by atoms with Gasteiger partial charge in [-0.25, -0.2) is 0 Å². The van der Waals surface area contributed by atoms with E-state index in [1.54, 1.807) is 0 Å². The van der Waals surface area contributed by atoms with Gasteiger partial charge in [-0.1, -0.05) is 19.3 Å². The van der Waals surface area contributed by atoms with Gasteiger partial charge in [0.05, 0.1) is 0 Å². The highest BCUT2D eigenvalue weighted by atomic mass is 16.1. The molecule has 0 saturated heterocycles. The van der Waals surface area contributed by atoms with Crippen LogP contribution in [-0.2, 0) is 4.79 Å². The molecule has 1 rings (SSSR count). The minimum Gasteiger partial charge on any atom is -0.356 e. The van der Waals surface area contributed by atoms with E-state index >= 15 is 0 Å². The largest absolute Gasteiger partial charge is 0.356 e. The van der Waals surface area contributed by atoms with Crippen molar-refractivity contribution in [2.45, 2.75) is 64.8 Å². The lowest BCUT2D eigenvalue weighted by molar-refractivity contribution is -0.121. The minimum absolute atomic E-state index is 0.101. The SMILES string of the molecule is CC(C)(C)NCCC(=O)NCC1CCCCC1. The molecule has 0 atom stereocenters. The Morgan fingerprint density at radius 3 is 2.41 bits per heavy atom. The summed E-state index contributed by atoms with van der Waals surface area (Å²) in [4.78, 5) is 11.6. The molecule has 2 N–H and O–H groups in total. The number of rotatable bonds is 5. The van der Waals surface area contributed by atoms with Crippen LogP contribution in [0.4, 0.5) is 0 Å². The van der Waals surface area contributed by atoms with Gasteiger partial charge in [0.2, 0.25) is 5.91 Å². The third-order valence-electron chi connectivity index (χ3n) is 3.32. The van der Waals surface area contributed by atoms with Gasteiger partial charge in [0.15, 0.2) is 0 Å². The normalized spacial score (nSPS) is 18.1. The quantitative estimate of drug-likeness (QED) is 0.775. The van der Waals surface area contributed by atoms with E-state index in [1.165, 1.54) is 32.1 Å². The van der Waals surface area contributed by atoms with Gasteiger partial charge in [-0.3, -0.25) is 4.79 Å². The van der Waals surface area contributed by atoms with E-state index < -0.39 is 0 Å². The van der Waals surface area contributed by atoms with E-state index in [2.05, 4.69) is 31.4 Å². The summed E-state index contributed by atoms with van der Waals surface area (Å²) >= 11 is 0. The Bertz CT molecular complexity index is 227. The Hall–Kier alpha value is -0.570. The molecule has 0 aliphatic heterocycles. The zero-order valence-electron chi connectivity index (χ0n) is 11.6. The van der Waals surface area contributed by atoms with Crippen LogP contribution < -0.4 is 10.6 Å². The topological polar surface area (TPSA) is 41.1 Å². The number of hydrogen-bond donors (Lipinski definition) is 2. The van der Waals surface area contributed by atoms with Gasteiger partial charge in [-0.05, 0) is 39.5 Å². The maximum Gasteiger partial charge on any atom is 0.221 e. The first-order valence-electron chi connectivity index (χ1n) is 6.99. The van der Waals surface area contributed by atoms with Crippen molar-refractivity contribution < 1.29 is 4.79 Å². The van der Waals surface area contributed by atoms with Crippen LogP contribution in [0.3, 0.4) is 0 Å². The molecule has 0 aromatic heterocycles. The van der Waals surface area contributed by atoms with Crippen LogP contribution in [-0.4, -0.2) is 24.5 Å². The second-order valence-corrected chi connectivity index (χ2v) is 6.23. The van der Waals surface area contributed by atoms with E-state index in [0.29, 0.717) is 6.42 Å². The Balaban J connectivity index is 2.04. The Kier molecular flexibility index (Phi) is 5.96. The smallest absolute Gasteiger partial charge is 0.221 e. The first-order chi connectivity index (χ1) is 7.97. The predicted molar refractivity (Wildman–Crippen MR) is 72.0 cm³/mol. The van der Waals surface area contributed by atoms with Crippen molar-refractivity contribution in [3.05, 3.63) is 0 Å². The molecule has 1 aliphatic carbocycles. The first-order valence-corrected chi connectivity index (χ1v) is 6.99. The van der Waals surface area contributed by atoms with Gasteiger partial charge in [0.25, 0.3) is 0 Å². The minimum atomic E-state index is 0.101. The fraction of sp³-hybridized carbons (Fsp3) is 0.929. The Morgan fingerprint density at radius 1 is 1.18 bits per heavy atom. The molecule has 0 unspecified atom stereocenters. The standard InChI is InChI=1S/C14H28N2O/c1-14(2,3)16-10-9-13(17)15-11-12-7-5-4-6-8-12/h12,16H,4-11H2,1-3H3,(H,15,17). The van der Waals surface area contributed by atoms with Crippen LogP contribution in [0.15, 0.2) is 0 Å². The van der Waals surface area contributed by atoms with E-state index in [4.69, 9.17) is 0 Å². The number of nitrogens with one attached hydrogen (secondary N) is 2. The van der Waals surface area contributed by atoms with Crippen molar-refractivity contribution >= 4 is 5.91 Å². The molecule has 0 aromatic carbocycles. The van der Waals surface area contributed by atoms with Gasteiger partial charge in [-0.15, -0.1) is 0 Å². The maximum atomic E-state index is 11.6. The molecule has 0 spiro atoms. The van der Waals surface area contributed by atoms with Crippen LogP contribution in [0.1, 0.15) is 59.3 Å². The van der Waals surface area contributed by atoms with E-state index in [1.807, 2.05) is 0 Å². The Morgan fingerprint density at radius 2 is 1.82 bits per heavy atom. The van der Waals surface area contributed by atoms with Gasteiger partial charge >= 0.3 is 0 Å². The lowest BCUT2D eigenvalue weighted by Gasteiger charge is -2.22. The average molecular weight is 240 g/mol. The lowest BCUT2D eigenvalue weighted by Crippen LogP contribution is -2.39. The third kappa shape index (κ3) is 7.37. The van der Waals surface area contributed by atoms with Crippen LogP contribution in [0.5, 0.6) is 0 Å². The van der Waals surface area contributed by atoms with E-state index in [0.717, 1.165) is 19.0 Å². The summed E-state index contributed by atoms with van der Waals surface area (Å²) in [7, 11) is 0. The molecular weight excluding hydrogens is 212 g/mol. The summed E-state index contributed by atoms with van der Waals surface area (Å²) in [5.41, 5.74) is 0.101. The highest BCUT2D eigenvalue weighted by Gasteiger charge is 2.14. The van der Waals surface area contributed by atoms with E-state index in [9.17, 15) is 4.79 Å². The van der Waals surface area contributed by atoms with Crippen molar-refractivity contribution in [2.24, 2.45) is 5.92 Å². The molecule has 1 fully saturated rings. The summed E-state index contributed by atoms with van der Waals surface area (Å²) in [6.45, 7) is 8.00. The summed E-state index contributed by atoms with van der Waals surface area (Å²) in [6, 6.07) is 0. The third-order valence-corrected chi connectivity index (χ3v) is 3.32. The zero-order chi connectivity index (χ0) is 12.7. The summed E-state index contributed by atoms with van der Waals surface area (Å²) in [6.07, 6.45) is 7.23. The number of carbonyl (C=O) groups is 1. The summed E-state index contributed by atoms with van der Waals surface area (Å²) in [5.74, 6) is 0.913. The van der Waals surface area contributed by atoms with Gasteiger partial charge < -0.3 is 10.6 Å². The average Bonchev–Trinajstić information content (AvgIpc) is 2.26. The molecule has 1 aliphatic rings. The molecule has 3 heteroatoms. The highest BCUT2D eigenvalue weighted by Crippen LogP contribution is 2.22. The van der Waals surface area contributed by atoms with Crippen LogP contribution >= 0.6 is 0 Å². The fourth-order valence-electron chi connectivity index (χ4n) is 2.29. The monoisotopic (exact) mass is 240 g/mol. The molecule has 0 aromatic rings. The second-order valence-electron chi connectivity index (χ2n) is 6.23. The number of carbonyl (C=O) groups excluding carboxylic acids is 1. The molecule has 17 heavy (non-hydrogen) atoms. The Labute approximate surface area is 106 Å². The highest BCUT2D eigenvalue weighted by molar-refractivity contribution is 5.76. The van der Waals surface area contributed by atoms with Crippen molar-refractivity contribution in [2.75, 3.05) is 13.1 Å². The van der Waals surface area contributed by atoms with Crippen molar-refractivity contribution in [1.82, 2.24) is 10.6 Å². The predicted octanol–water partition coefficient (Wildman–Crippen LogP) is 2.46. The molecule has 1 saturated carbocycles. The molecule has 1 amide bonds. The first kappa shape index (κ1) is 14.5. The van der Waals surface area contributed by atoms with Crippen LogP contribution in [0.2, 0.25) is 0 Å². The van der Waals surface area contributed by atoms with Crippen LogP contribution in [0.25, 0.3) is 0 Å². The fourth-order valence-corrected chi connectivity index (χ4v) is 2.29. The van der Waals surface area contributed by atoms with Gasteiger partial charge in [-0.2, -0.15) is 0 Å². The van der Waals surface area contributed by atoms with Gasteiger partial charge in [0.1, 0.15) is 0 Å².